The molecule has 0 saturated carbocycles. The first kappa shape index (κ1) is 16.1. The van der Waals surface area contributed by atoms with Crippen LogP contribution in [0.1, 0.15) is 16.1 Å². The highest BCUT2D eigenvalue weighted by Gasteiger charge is 2.14. The lowest BCUT2D eigenvalue weighted by atomic mass is 10.1. The molecule has 0 bridgehead atoms. The highest BCUT2D eigenvalue weighted by molar-refractivity contribution is 6.12. The van der Waals surface area contributed by atoms with Crippen molar-refractivity contribution in [1.29, 1.82) is 0 Å². The van der Waals surface area contributed by atoms with Gasteiger partial charge in [0.2, 0.25) is 0 Å². The fourth-order valence-corrected chi connectivity index (χ4v) is 3.28. The maximum atomic E-state index is 12.9. The fourth-order valence-electron chi connectivity index (χ4n) is 3.28. The summed E-state index contributed by atoms with van der Waals surface area (Å²) in [6, 6.07) is 14.8. The third-order valence-corrected chi connectivity index (χ3v) is 4.62. The maximum absolute atomic E-state index is 12.9. The lowest BCUT2D eigenvalue weighted by Gasteiger charge is -2.09. The first-order chi connectivity index (χ1) is 12.5. The minimum atomic E-state index is -0.202. The van der Waals surface area contributed by atoms with Gasteiger partial charge in [0, 0.05) is 30.9 Å². The number of amides is 1. The van der Waals surface area contributed by atoms with E-state index in [4.69, 9.17) is 0 Å². The van der Waals surface area contributed by atoms with E-state index in [1.165, 1.54) is 0 Å². The van der Waals surface area contributed by atoms with Crippen molar-refractivity contribution in [2.75, 3.05) is 5.32 Å². The Morgan fingerprint density at radius 1 is 1.00 bits per heavy atom. The summed E-state index contributed by atoms with van der Waals surface area (Å²) in [5, 5.41) is 3.74. The molecule has 26 heavy (non-hydrogen) atoms. The van der Waals surface area contributed by atoms with Crippen LogP contribution in [-0.4, -0.2) is 20.0 Å². The van der Waals surface area contributed by atoms with Crippen molar-refractivity contribution in [2.45, 2.75) is 6.92 Å². The summed E-state index contributed by atoms with van der Waals surface area (Å²) in [6.45, 7) is 1.87. The number of carbonyl (C=O) groups excluding carboxylic acids is 1. The van der Waals surface area contributed by atoms with Crippen molar-refractivity contribution < 1.29 is 4.79 Å². The smallest absolute Gasteiger partial charge is 0.322 e. The molecule has 0 aliphatic rings. The number of fused-ring (bicyclic) bond motifs is 2. The first-order valence-corrected chi connectivity index (χ1v) is 8.29. The largest absolute Gasteiger partial charge is 0.328 e. The van der Waals surface area contributed by atoms with E-state index in [-0.39, 0.29) is 11.6 Å². The van der Waals surface area contributed by atoms with Crippen LogP contribution in [0.25, 0.3) is 21.9 Å². The number of aromatic nitrogens is 3. The van der Waals surface area contributed by atoms with E-state index in [1.807, 2.05) is 43.3 Å². The zero-order valence-electron chi connectivity index (χ0n) is 14.8. The number of anilines is 1. The van der Waals surface area contributed by atoms with Crippen LogP contribution in [-0.2, 0) is 14.1 Å². The van der Waals surface area contributed by atoms with Gasteiger partial charge in [-0.05, 0) is 37.3 Å². The van der Waals surface area contributed by atoms with Crippen LogP contribution < -0.4 is 11.0 Å². The third-order valence-electron chi connectivity index (χ3n) is 4.62. The Hall–Kier alpha value is -3.41. The highest BCUT2D eigenvalue weighted by Crippen LogP contribution is 2.22. The molecular formula is C20H18N4O2. The number of nitrogens with zero attached hydrogens (tertiary/aromatic N) is 3. The van der Waals surface area contributed by atoms with E-state index in [2.05, 4.69) is 10.3 Å². The zero-order valence-corrected chi connectivity index (χ0v) is 14.8. The Kier molecular flexibility index (Phi) is 3.61. The molecule has 4 rings (SSSR count). The van der Waals surface area contributed by atoms with E-state index in [9.17, 15) is 9.59 Å². The minimum Gasteiger partial charge on any atom is -0.322 e. The monoisotopic (exact) mass is 346 g/mol. The van der Waals surface area contributed by atoms with Gasteiger partial charge in [-0.15, -0.1) is 0 Å². The number of carbonyl (C=O) groups is 1. The maximum Gasteiger partial charge on any atom is 0.328 e. The molecule has 1 N–H and O–H groups in total. The molecule has 6 heteroatoms. The second-order valence-corrected chi connectivity index (χ2v) is 6.39. The van der Waals surface area contributed by atoms with Gasteiger partial charge in [-0.3, -0.25) is 18.9 Å². The summed E-state index contributed by atoms with van der Waals surface area (Å²) in [4.78, 5) is 29.4. The average Bonchev–Trinajstić information content (AvgIpc) is 2.85. The molecular weight excluding hydrogens is 328 g/mol. The summed E-state index contributed by atoms with van der Waals surface area (Å²) >= 11 is 0. The summed E-state index contributed by atoms with van der Waals surface area (Å²) < 4.78 is 3.15. The zero-order chi connectivity index (χ0) is 18.4. The quantitative estimate of drug-likeness (QED) is 0.607. The molecule has 1 amide bonds. The number of imidazole rings is 1. The van der Waals surface area contributed by atoms with Crippen LogP contribution in [0.15, 0.2) is 53.3 Å². The van der Waals surface area contributed by atoms with Gasteiger partial charge < -0.3 is 5.32 Å². The molecule has 0 fully saturated rings. The molecule has 2 heterocycles. The number of rotatable bonds is 2. The van der Waals surface area contributed by atoms with E-state index in [0.29, 0.717) is 11.3 Å². The Bertz CT molecular complexity index is 1230. The topological polar surface area (TPSA) is 68.9 Å². The van der Waals surface area contributed by atoms with Gasteiger partial charge in [-0.2, -0.15) is 0 Å². The van der Waals surface area contributed by atoms with Gasteiger partial charge in [0.05, 0.1) is 22.1 Å². The van der Waals surface area contributed by atoms with Gasteiger partial charge in [-0.25, -0.2) is 4.79 Å². The summed E-state index contributed by atoms with van der Waals surface area (Å²) in [5.74, 6) is -0.202. The van der Waals surface area contributed by atoms with Gasteiger partial charge >= 0.3 is 5.69 Å². The van der Waals surface area contributed by atoms with Crippen molar-refractivity contribution in [3.8, 4) is 0 Å². The number of para-hydroxylation sites is 1. The number of benzene rings is 2. The second-order valence-electron chi connectivity index (χ2n) is 6.39. The van der Waals surface area contributed by atoms with Gasteiger partial charge in [0.15, 0.2) is 0 Å². The van der Waals surface area contributed by atoms with E-state index in [1.54, 1.807) is 35.4 Å². The summed E-state index contributed by atoms with van der Waals surface area (Å²) in [7, 11) is 3.45. The van der Waals surface area contributed by atoms with Crippen molar-refractivity contribution >= 4 is 33.5 Å². The number of nitrogens with one attached hydrogen (secondary N) is 1. The van der Waals surface area contributed by atoms with Crippen molar-refractivity contribution in [3.05, 3.63) is 70.3 Å². The summed E-state index contributed by atoms with van der Waals surface area (Å²) in [5.41, 5.74) is 4.29. The van der Waals surface area contributed by atoms with E-state index >= 15 is 0 Å². The third kappa shape index (κ3) is 2.47. The fraction of sp³-hybridized carbons (Fsp3) is 0.150. The number of pyridine rings is 1. The van der Waals surface area contributed by atoms with Gasteiger partial charge in [0.1, 0.15) is 0 Å². The molecule has 130 valence electrons. The van der Waals surface area contributed by atoms with Crippen molar-refractivity contribution in [2.24, 2.45) is 14.1 Å². The number of aryl methyl sites for hydroxylation is 3. The first-order valence-electron chi connectivity index (χ1n) is 8.29. The van der Waals surface area contributed by atoms with Crippen molar-refractivity contribution in [1.82, 2.24) is 14.1 Å². The van der Waals surface area contributed by atoms with E-state index in [0.717, 1.165) is 27.6 Å². The Morgan fingerprint density at radius 2 is 1.73 bits per heavy atom. The van der Waals surface area contributed by atoms with Crippen LogP contribution >= 0.6 is 0 Å². The SMILES string of the molecule is Cc1cc(C(=O)Nc2ccc3c(c2)n(C)c(=O)n3C)c2ccccc2n1. The Labute approximate surface area is 149 Å². The van der Waals surface area contributed by atoms with E-state index < -0.39 is 0 Å². The molecule has 0 saturated heterocycles. The van der Waals surface area contributed by atoms with Gasteiger partial charge in [-0.1, -0.05) is 18.2 Å². The normalized spacial score (nSPS) is 11.2. The molecule has 4 aromatic rings. The molecule has 0 atom stereocenters. The lowest BCUT2D eigenvalue weighted by molar-refractivity contribution is 0.102. The van der Waals surface area contributed by atoms with Crippen molar-refractivity contribution in [3.63, 3.8) is 0 Å². The standard InChI is InChI=1S/C20H18N4O2/c1-12-10-15(14-6-4-5-7-16(14)21-12)19(25)22-13-8-9-17-18(11-13)24(3)20(26)23(17)2/h4-11H,1-3H3,(H,22,25). The minimum absolute atomic E-state index is 0.0979. The molecule has 6 nitrogen and oxygen atoms in total. The van der Waals surface area contributed by atoms with Crippen LogP contribution in [0.3, 0.4) is 0 Å². The Morgan fingerprint density at radius 3 is 2.54 bits per heavy atom. The number of hydrogen-bond donors (Lipinski definition) is 1. The molecule has 0 unspecified atom stereocenters. The molecule has 2 aromatic heterocycles. The predicted molar refractivity (Wildman–Crippen MR) is 103 cm³/mol. The molecule has 0 radical (unpaired) electrons. The highest BCUT2D eigenvalue weighted by atomic mass is 16.2. The predicted octanol–water partition coefficient (Wildman–Crippen LogP) is 2.99. The average molecular weight is 346 g/mol. The number of hydrogen-bond acceptors (Lipinski definition) is 3. The molecule has 0 aliphatic heterocycles. The van der Waals surface area contributed by atoms with Crippen LogP contribution in [0, 0.1) is 6.92 Å². The van der Waals surface area contributed by atoms with Crippen LogP contribution in [0.4, 0.5) is 5.69 Å². The second kappa shape index (κ2) is 5.84. The van der Waals surface area contributed by atoms with Crippen LogP contribution in [0.5, 0.6) is 0 Å². The van der Waals surface area contributed by atoms with Gasteiger partial charge in [0.25, 0.3) is 5.91 Å². The lowest BCUT2D eigenvalue weighted by Crippen LogP contribution is -2.19. The molecule has 0 spiro atoms. The summed E-state index contributed by atoms with van der Waals surface area (Å²) in [6.07, 6.45) is 0. The Balaban J connectivity index is 1.76. The molecule has 0 aliphatic carbocycles. The molecule has 2 aromatic carbocycles. The van der Waals surface area contributed by atoms with Crippen LogP contribution in [0.2, 0.25) is 0 Å².